The second-order valence-corrected chi connectivity index (χ2v) is 6.81. The molecule has 0 saturated heterocycles. The number of amides is 3. The highest BCUT2D eigenvalue weighted by Gasteiger charge is 2.24. The number of rotatable bonds is 7. The van der Waals surface area contributed by atoms with Gasteiger partial charge in [-0.1, -0.05) is 19.9 Å². The third kappa shape index (κ3) is 6.31. The van der Waals surface area contributed by atoms with E-state index in [1.165, 1.54) is 0 Å². The molecule has 0 spiro atoms. The predicted molar refractivity (Wildman–Crippen MR) is 103 cm³/mol. The number of nitrogens with one attached hydrogen (secondary N) is 3. The Balaban J connectivity index is 0.00000338. The molecular formula is C18H27ClN4O3. The van der Waals surface area contributed by atoms with Crippen LogP contribution in [0.5, 0.6) is 0 Å². The van der Waals surface area contributed by atoms with Crippen molar-refractivity contribution in [3.05, 3.63) is 29.3 Å². The van der Waals surface area contributed by atoms with Gasteiger partial charge in [-0.3, -0.25) is 14.4 Å². The number of aryl methyl sites for hydroxylation is 1. The van der Waals surface area contributed by atoms with Gasteiger partial charge in [0.2, 0.25) is 11.8 Å². The zero-order valence-corrected chi connectivity index (χ0v) is 16.1. The summed E-state index contributed by atoms with van der Waals surface area (Å²) in [6.07, 6.45) is 2.03. The molecule has 7 nitrogen and oxygen atoms in total. The smallest absolute Gasteiger partial charge is 0.251 e. The Hall–Kier alpha value is -2.12. The van der Waals surface area contributed by atoms with Crippen molar-refractivity contribution in [1.82, 2.24) is 10.6 Å². The fraction of sp³-hybridized carbons (Fsp3) is 0.500. The first kappa shape index (κ1) is 21.9. The largest absolute Gasteiger partial charge is 0.349 e. The minimum atomic E-state index is -0.649. The van der Waals surface area contributed by atoms with Crippen LogP contribution in [0, 0.1) is 12.8 Å². The maximum absolute atomic E-state index is 12.1. The van der Waals surface area contributed by atoms with Gasteiger partial charge in [0.15, 0.2) is 0 Å². The third-order valence-corrected chi connectivity index (χ3v) is 4.13. The average molecular weight is 383 g/mol. The molecule has 5 N–H and O–H groups in total. The standard InChI is InChI=1S/C18H26N4O3.ClH/c1-10(2)16(19)18(25)20-9-15(23)22-14-8-12(5-4-11(14)3)17(24)21-13-6-7-13;/h4-5,8,10,13,16H,6-7,9,19H2,1-3H3,(H,20,25)(H,21,24)(H,22,23);1H/t16-;/m0./s1. The normalized spacial score (nSPS) is 14.2. The van der Waals surface area contributed by atoms with E-state index in [4.69, 9.17) is 5.73 Å². The van der Waals surface area contributed by atoms with E-state index in [1.54, 1.807) is 18.2 Å². The summed E-state index contributed by atoms with van der Waals surface area (Å²) in [6.45, 7) is 5.35. The van der Waals surface area contributed by atoms with Gasteiger partial charge >= 0.3 is 0 Å². The van der Waals surface area contributed by atoms with Crippen LogP contribution in [0.2, 0.25) is 0 Å². The second kappa shape index (κ2) is 9.54. The van der Waals surface area contributed by atoms with Crippen LogP contribution in [0.3, 0.4) is 0 Å². The molecule has 3 amide bonds. The van der Waals surface area contributed by atoms with Crippen LogP contribution in [0.25, 0.3) is 0 Å². The van der Waals surface area contributed by atoms with Gasteiger partial charge in [-0.2, -0.15) is 0 Å². The number of halogens is 1. The lowest BCUT2D eigenvalue weighted by atomic mass is 10.1. The Kier molecular flexibility index (Phi) is 8.05. The van der Waals surface area contributed by atoms with Gasteiger partial charge < -0.3 is 21.7 Å². The summed E-state index contributed by atoms with van der Waals surface area (Å²) in [5.41, 5.74) is 7.62. The first-order valence-corrected chi connectivity index (χ1v) is 8.52. The molecule has 0 heterocycles. The van der Waals surface area contributed by atoms with Crippen LogP contribution >= 0.6 is 12.4 Å². The molecule has 1 aromatic rings. The number of carbonyl (C=O) groups excluding carboxylic acids is 3. The van der Waals surface area contributed by atoms with Crippen molar-refractivity contribution in [2.75, 3.05) is 11.9 Å². The van der Waals surface area contributed by atoms with Crippen molar-refractivity contribution in [2.45, 2.75) is 45.7 Å². The minimum Gasteiger partial charge on any atom is -0.349 e. The van der Waals surface area contributed by atoms with E-state index in [2.05, 4.69) is 16.0 Å². The Labute approximate surface area is 159 Å². The summed E-state index contributed by atoms with van der Waals surface area (Å²) in [4.78, 5) is 36.0. The summed E-state index contributed by atoms with van der Waals surface area (Å²) in [7, 11) is 0. The van der Waals surface area contributed by atoms with Crippen molar-refractivity contribution in [2.24, 2.45) is 11.7 Å². The van der Waals surface area contributed by atoms with Crippen LogP contribution in [0.1, 0.15) is 42.6 Å². The van der Waals surface area contributed by atoms with Crippen LogP contribution in [0.15, 0.2) is 18.2 Å². The quantitative estimate of drug-likeness (QED) is 0.570. The fourth-order valence-corrected chi connectivity index (χ4v) is 2.18. The van der Waals surface area contributed by atoms with Crippen molar-refractivity contribution < 1.29 is 14.4 Å². The number of carbonyl (C=O) groups is 3. The van der Waals surface area contributed by atoms with E-state index in [0.717, 1.165) is 18.4 Å². The SMILES string of the molecule is Cc1ccc(C(=O)NC2CC2)cc1NC(=O)CNC(=O)[C@@H](N)C(C)C.Cl. The van der Waals surface area contributed by atoms with E-state index in [9.17, 15) is 14.4 Å². The molecule has 0 unspecified atom stereocenters. The number of benzene rings is 1. The molecule has 0 aromatic heterocycles. The van der Waals surface area contributed by atoms with Gasteiger partial charge in [-0.25, -0.2) is 0 Å². The zero-order chi connectivity index (χ0) is 18.6. The molecule has 1 fully saturated rings. The van der Waals surface area contributed by atoms with E-state index in [-0.39, 0.29) is 48.6 Å². The van der Waals surface area contributed by atoms with E-state index in [1.807, 2.05) is 20.8 Å². The van der Waals surface area contributed by atoms with Crippen LogP contribution in [-0.4, -0.2) is 36.3 Å². The number of hydrogen-bond acceptors (Lipinski definition) is 4. The lowest BCUT2D eigenvalue weighted by Crippen LogP contribution is -2.46. The maximum Gasteiger partial charge on any atom is 0.251 e. The lowest BCUT2D eigenvalue weighted by Gasteiger charge is -2.15. The molecule has 8 heteroatoms. The highest BCUT2D eigenvalue weighted by molar-refractivity contribution is 5.99. The van der Waals surface area contributed by atoms with Gasteiger partial charge in [0, 0.05) is 17.3 Å². The minimum absolute atomic E-state index is 0. The summed E-state index contributed by atoms with van der Waals surface area (Å²) in [6, 6.07) is 4.78. The van der Waals surface area contributed by atoms with Crippen molar-refractivity contribution in [1.29, 1.82) is 0 Å². The van der Waals surface area contributed by atoms with Gasteiger partial charge in [0.25, 0.3) is 5.91 Å². The number of hydrogen-bond donors (Lipinski definition) is 4. The molecule has 26 heavy (non-hydrogen) atoms. The second-order valence-electron chi connectivity index (χ2n) is 6.81. The number of nitrogens with two attached hydrogens (primary N) is 1. The zero-order valence-electron chi connectivity index (χ0n) is 15.3. The Morgan fingerprint density at radius 1 is 1.23 bits per heavy atom. The molecule has 144 valence electrons. The molecule has 1 atom stereocenters. The van der Waals surface area contributed by atoms with Gasteiger partial charge in [-0.05, 0) is 43.4 Å². The van der Waals surface area contributed by atoms with Crippen molar-refractivity contribution in [3.63, 3.8) is 0 Å². The Morgan fingerprint density at radius 2 is 1.88 bits per heavy atom. The molecule has 1 aromatic carbocycles. The van der Waals surface area contributed by atoms with Crippen LogP contribution in [0.4, 0.5) is 5.69 Å². The molecule has 1 aliphatic carbocycles. The molecule has 0 bridgehead atoms. The monoisotopic (exact) mass is 382 g/mol. The van der Waals surface area contributed by atoms with E-state index < -0.39 is 6.04 Å². The maximum atomic E-state index is 12.1. The first-order valence-electron chi connectivity index (χ1n) is 8.52. The van der Waals surface area contributed by atoms with Gasteiger partial charge in [0.1, 0.15) is 0 Å². The average Bonchev–Trinajstić information content (AvgIpc) is 3.37. The lowest BCUT2D eigenvalue weighted by molar-refractivity contribution is -0.125. The van der Waals surface area contributed by atoms with E-state index in [0.29, 0.717) is 11.3 Å². The van der Waals surface area contributed by atoms with Crippen molar-refractivity contribution in [3.8, 4) is 0 Å². The topological polar surface area (TPSA) is 113 Å². The molecule has 2 rings (SSSR count). The van der Waals surface area contributed by atoms with E-state index >= 15 is 0 Å². The van der Waals surface area contributed by atoms with Gasteiger partial charge in [0.05, 0.1) is 12.6 Å². The summed E-state index contributed by atoms with van der Waals surface area (Å²) in [5.74, 6) is -0.882. The van der Waals surface area contributed by atoms with Gasteiger partial charge in [-0.15, -0.1) is 12.4 Å². The third-order valence-electron chi connectivity index (χ3n) is 4.13. The number of anilines is 1. The van der Waals surface area contributed by atoms with Crippen LogP contribution < -0.4 is 21.7 Å². The summed E-state index contributed by atoms with van der Waals surface area (Å²) >= 11 is 0. The summed E-state index contributed by atoms with van der Waals surface area (Å²) in [5, 5.41) is 8.15. The molecule has 0 aliphatic heterocycles. The predicted octanol–water partition coefficient (Wildman–Crippen LogP) is 1.35. The highest BCUT2D eigenvalue weighted by atomic mass is 35.5. The molecular weight excluding hydrogens is 356 g/mol. The first-order chi connectivity index (χ1) is 11.8. The molecule has 1 saturated carbocycles. The highest BCUT2D eigenvalue weighted by Crippen LogP contribution is 2.21. The Bertz CT molecular complexity index is 674. The Morgan fingerprint density at radius 3 is 2.46 bits per heavy atom. The van der Waals surface area contributed by atoms with Crippen LogP contribution in [-0.2, 0) is 9.59 Å². The fourth-order valence-electron chi connectivity index (χ4n) is 2.18. The molecule has 1 aliphatic rings. The van der Waals surface area contributed by atoms with Crippen molar-refractivity contribution >= 4 is 35.8 Å². The molecule has 0 radical (unpaired) electrons. The summed E-state index contributed by atoms with van der Waals surface area (Å²) < 4.78 is 0.